The lowest BCUT2D eigenvalue weighted by Crippen LogP contribution is -2.05. The number of aliphatic hydroxyl groups excluding tert-OH is 1. The molecule has 0 atom stereocenters. The first-order valence-electron chi connectivity index (χ1n) is 4.71. The number of ketones is 1. The predicted octanol–water partition coefficient (Wildman–Crippen LogP) is 1.19. The van der Waals surface area contributed by atoms with Crippen molar-refractivity contribution in [1.82, 2.24) is 0 Å². The monoisotopic (exact) mass is 192 g/mol. The molecule has 14 heavy (non-hydrogen) atoms. The fourth-order valence-corrected chi connectivity index (χ4v) is 1.75. The van der Waals surface area contributed by atoms with Crippen molar-refractivity contribution in [1.29, 1.82) is 0 Å². The Kier molecular flexibility index (Phi) is 2.50. The first kappa shape index (κ1) is 9.21. The Morgan fingerprint density at radius 2 is 2.21 bits per heavy atom. The maximum atomic E-state index is 11.5. The smallest absolute Gasteiger partial charge is 0.167 e. The third-order valence-electron chi connectivity index (χ3n) is 2.36. The van der Waals surface area contributed by atoms with Crippen LogP contribution in [0.15, 0.2) is 18.2 Å². The molecular weight excluding hydrogens is 180 g/mol. The Morgan fingerprint density at radius 3 is 3.00 bits per heavy atom. The summed E-state index contributed by atoms with van der Waals surface area (Å²) in [6.07, 6.45) is 1.39. The third kappa shape index (κ3) is 1.51. The van der Waals surface area contributed by atoms with Crippen LogP contribution in [-0.2, 0) is 6.42 Å². The number of Topliss-reactive ketones (excluding diaryl/α,β-unsaturated/α-hetero) is 1. The van der Waals surface area contributed by atoms with Crippen LogP contribution >= 0.6 is 0 Å². The molecule has 1 aromatic rings. The Balaban J connectivity index is 2.32. The molecule has 1 aromatic carbocycles. The van der Waals surface area contributed by atoms with E-state index in [1.165, 1.54) is 0 Å². The van der Waals surface area contributed by atoms with Crippen molar-refractivity contribution in [3.63, 3.8) is 0 Å². The molecule has 3 nitrogen and oxygen atoms in total. The van der Waals surface area contributed by atoms with Crippen molar-refractivity contribution >= 4 is 5.78 Å². The van der Waals surface area contributed by atoms with Crippen LogP contribution in [0, 0.1) is 0 Å². The van der Waals surface area contributed by atoms with Gasteiger partial charge in [-0.2, -0.15) is 0 Å². The van der Waals surface area contributed by atoms with Crippen molar-refractivity contribution in [2.45, 2.75) is 12.8 Å². The van der Waals surface area contributed by atoms with Gasteiger partial charge in [0, 0.05) is 6.42 Å². The van der Waals surface area contributed by atoms with Gasteiger partial charge in [-0.15, -0.1) is 0 Å². The van der Waals surface area contributed by atoms with E-state index in [2.05, 4.69) is 0 Å². The molecule has 0 unspecified atom stereocenters. The lowest BCUT2D eigenvalue weighted by Gasteiger charge is -2.08. The van der Waals surface area contributed by atoms with Gasteiger partial charge in [-0.25, -0.2) is 0 Å². The van der Waals surface area contributed by atoms with Gasteiger partial charge in [0.2, 0.25) is 0 Å². The van der Waals surface area contributed by atoms with E-state index in [0.717, 1.165) is 12.0 Å². The number of hydrogen-bond acceptors (Lipinski definition) is 3. The molecule has 0 saturated heterocycles. The summed E-state index contributed by atoms with van der Waals surface area (Å²) >= 11 is 0. The van der Waals surface area contributed by atoms with Crippen LogP contribution in [0.3, 0.4) is 0 Å². The van der Waals surface area contributed by atoms with E-state index in [-0.39, 0.29) is 19.0 Å². The first-order valence-corrected chi connectivity index (χ1v) is 4.71. The zero-order valence-corrected chi connectivity index (χ0v) is 7.82. The third-order valence-corrected chi connectivity index (χ3v) is 2.36. The summed E-state index contributed by atoms with van der Waals surface area (Å²) in [5.74, 6) is 0.757. The number of rotatable bonds is 3. The second-order valence-corrected chi connectivity index (χ2v) is 3.29. The minimum atomic E-state index is -0.0299. The van der Waals surface area contributed by atoms with Gasteiger partial charge in [-0.05, 0) is 18.1 Å². The van der Waals surface area contributed by atoms with Gasteiger partial charge in [-0.1, -0.05) is 12.1 Å². The number of aliphatic hydroxyl groups is 1. The summed E-state index contributed by atoms with van der Waals surface area (Å²) in [4.78, 5) is 11.5. The van der Waals surface area contributed by atoms with Crippen LogP contribution in [0.5, 0.6) is 5.75 Å². The topological polar surface area (TPSA) is 46.5 Å². The molecule has 1 aliphatic carbocycles. The number of ether oxygens (including phenoxy) is 1. The maximum Gasteiger partial charge on any atom is 0.167 e. The van der Waals surface area contributed by atoms with Crippen molar-refractivity contribution < 1.29 is 14.6 Å². The van der Waals surface area contributed by atoms with Crippen molar-refractivity contribution in [3.05, 3.63) is 29.3 Å². The van der Waals surface area contributed by atoms with Crippen LogP contribution in [0.25, 0.3) is 0 Å². The van der Waals surface area contributed by atoms with E-state index in [1.807, 2.05) is 12.1 Å². The number of aryl methyl sites for hydroxylation is 1. The molecule has 2 rings (SSSR count). The Morgan fingerprint density at radius 1 is 1.36 bits per heavy atom. The van der Waals surface area contributed by atoms with Gasteiger partial charge in [0.15, 0.2) is 5.78 Å². The number of carbonyl (C=O) groups is 1. The van der Waals surface area contributed by atoms with Gasteiger partial charge in [-0.3, -0.25) is 4.79 Å². The second kappa shape index (κ2) is 3.80. The molecule has 0 fully saturated rings. The molecule has 1 N–H and O–H groups in total. The highest BCUT2D eigenvalue weighted by Gasteiger charge is 2.23. The van der Waals surface area contributed by atoms with Crippen molar-refractivity contribution in [2.24, 2.45) is 0 Å². The molecule has 0 saturated carbocycles. The predicted molar refractivity (Wildman–Crippen MR) is 51.7 cm³/mol. The largest absolute Gasteiger partial charge is 0.490 e. The Hall–Kier alpha value is -1.35. The van der Waals surface area contributed by atoms with E-state index < -0.39 is 0 Å². The average Bonchev–Trinajstić information content (AvgIpc) is 2.58. The van der Waals surface area contributed by atoms with Crippen LogP contribution in [-0.4, -0.2) is 24.1 Å². The van der Waals surface area contributed by atoms with Crippen molar-refractivity contribution in [3.8, 4) is 5.75 Å². The molecule has 0 spiro atoms. The summed E-state index contributed by atoms with van der Waals surface area (Å²) in [6.45, 7) is 0.210. The molecule has 0 aliphatic heterocycles. The number of benzene rings is 1. The Labute approximate surface area is 82.3 Å². The van der Waals surface area contributed by atoms with E-state index in [0.29, 0.717) is 17.7 Å². The molecule has 1 aliphatic rings. The second-order valence-electron chi connectivity index (χ2n) is 3.29. The molecule has 0 amide bonds. The first-order chi connectivity index (χ1) is 6.83. The number of carbonyl (C=O) groups excluding carboxylic acids is 1. The Bertz CT molecular complexity index is 358. The van der Waals surface area contributed by atoms with E-state index in [4.69, 9.17) is 9.84 Å². The summed E-state index contributed by atoms with van der Waals surface area (Å²) in [7, 11) is 0. The number of fused-ring (bicyclic) bond motifs is 1. The number of hydrogen-bond donors (Lipinski definition) is 1. The minimum Gasteiger partial charge on any atom is -0.490 e. The lowest BCUT2D eigenvalue weighted by atomic mass is 10.1. The maximum absolute atomic E-state index is 11.5. The summed E-state index contributed by atoms with van der Waals surface area (Å²) in [5.41, 5.74) is 1.77. The standard InChI is InChI=1S/C11H12O3/c12-6-7-14-10-3-1-2-8-4-5-9(13)11(8)10/h1-3,12H,4-7H2. The van der Waals surface area contributed by atoms with E-state index in [9.17, 15) is 4.79 Å². The highest BCUT2D eigenvalue weighted by molar-refractivity contribution is 6.02. The van der Waals surface area contributed by atoms with E-state index >= 15 is 0 Å². The zero-order chi connectivity index (χ0) is 9.97. The average molecular weight is 192 g/mol. The van der Waals surface area contributed by atoms with Gasteiger partial charge in [0.05, 0.1) is 12.2 Å². The summed E-state index contributed by atoms with van der Waals surface area (Å²) in [6, 6.07) is 5.61. The minimum absolute atomic E-state index is 0.0299. The van der Waals surface area contributed by atoms with Crippen molar-refractivity contribution in [2.75, 3.05) is 13.2 Å². The summed E-state index contributed by atoms with van der Waals surface area (Å²) < 4.78 is 5.30. The molecule has 0 bridgehead atoms. The molecule has 3 heteroatoms. The highest BCUT2D eigenvalue weighted by Crippen LogP contribution is 2.30. The fraction of sp³-hybridized carbons (Fsp3) is 0.364. The van der Waals surface area contributed by atoms with Crippen LogP contribution in [0.4, 0.5) is 0 Å². The quantitative estimate of drug-likeness (QED) is 0.782. The van der Waals surface area contributed by atoms with Crippen LogP contribution in [0.1, 0.15) is 22.3 Å². The molecule has 0 heterocycles. The van der Waals surface area contributed by atoms with E-state index in [1.54, 1.807) is 6.07 Å². The van der Waals surface area contributed by atoms with Gasteiger partial charge < -0.3 is 9.84 Å². The summed E-state index contributed by atoms with van der Waals surface area (Å²) in [5, 5.41) is 8.63. The normalized spacial score (nSPS) is 14.2. The molecule has 74 valence electrons. The molecule has 0 aromatic heterocycles. The fourth-order valence-electron chi connectivity index (χ4n) is 1.75. The van der Waals surface area contributed by atoms with Crippen LogP contribution < -0.4 is 4.74 Å². The lowest BCUT2D eigenvalue weighted by molar-refractivity contribution is 0.0989. The SMILES string of the molecule is O=C1CCc2cccc(OCCO)c21. The van der Waals surface area contributed by atoms with Gasteiger partial charge in [0.25, 0.3) is 0 Å². The molecule has 0 radical (unpaired) electrons. The van der Waals surface area contributed by atoms with Gasteiger partial charge >= 0.3 is 0 Å². The zero-order valence-electron chi connectivity index (χ0n) is 7.82. The van der Waals surface area contributed by atoms with Gasteiger partial charge in [0.1, 0.15) is 12.4 Å². The van der Waals surface area contributed by atoms with Crippen LogP contribution in [0.2, 0.25) is 0 Å². The molecular formula is C11H12O3. The highest BCUT2D eigenvalue weighted by atomic mass is 16.5.